The van der Waals surface area contributed by atoms with Crippen LogP contribution in [-0.4, -0.2) is 20.1 Å². The molecule has 0 unspecified atom stereocenters. The largest absolute Gasteiger partial charge is 0.493 e. The van der Waals surface area contributed by atoms with Crippen LogP contribution in [-0.2, 0) is 4.79 Å². The first-order valence-corrected chi connectivity index (χ1v) is 8.97. The third kappa shape index (κ3) is 4.76. The number of nitrogens with zero attached hydrogens (tertiary/aromatic N) is 1. The molecule has 0 radical (unpaired) electrons. The highest BCUT2D eigenvalue weighted by molar-refractivity contribution is 14.1. The fourth-order valence-electron chi connectivity index (χ4n) is 2.44. The normalized spacial score (nSPS) is 12.0. The number of amides is 1. The van der Waals surface area contributed by atoms with E-state index in [0.29, 0.717) is 17.1 Å². The summed E-state index contributed by atoms with van der Waals surface area (Å²) in [6, 6.07) is 14.9. The highest BCUT2D eigenvalue weighted by Gasteiger charge is 2.15. The first-order chi connectivity index (χ1) is 12.5. The topological polar surface area (TPSA) is 71.3 Å². The van der Waals surface area contributed by atoms with Gasteiger partial charge in [0.1, 0.15) is 11.6 Å². The predicted molar refractivity (Wildman–Crippen MR) is 109 cm³/mol. The lowest BCUT2D eigenvalue weighted by molar-refractivity contribution is -0.117. The van der Waals surface area contributed by atoms with Gasteiger partial charge in [-0.15, -0.1) is 0 Å². The van der Waals surface area contributed by atoms with Gasteiger partial charge in [0.25, 0.3) is 5.91 Å². The van der Waals surface area contributed by atoms with E-state index in [1.165, 1.54) is 6.08 Å². The van der Waals surface area contributed by atoms with E-state index in [1.807, 2.05) is 49.4 Å². The van der Waals surface area contributed by atoms with Crippen molar-refractivity contribution in [2.45, 2.75) is 13.0 Å². The number of rotatable bonds is 6. The molecule has 0 bridgehead atoms. The predicted octanol–water partition coefficient (Wildman–Crippen LogP) is 4.09. The van der Waals surface area contributed by atoms with Gasteiger partial charge in [-0.25, -0.2) is 0 Å². The molecule has 0 heterocycles. The first-order valence-electron chi connectivity index (χ1n) is 7.89. The van der Waals surface area contributed by atoms with Crippen molar-refractivity contribution in [3.8, 4) is 17.6 Å². The van der Waals surface area contributed by atoms with Crippen LogP contribution in [0.2, 0.25) is 0 Å². The highest BCUT2D eigenvalue weighted by atomic mass is 127. The van der Waals surface area contributed by atoms with E-state index >= 15 is 0 Å². The number of benzene rings is 2. The van der Waals surface area contributed by atoms with Crippen molar-refractivity contribution in [3.05, 3.63) is 62.7 Å². The van der Waals surface area contributed by atoms with E-state index in [-0.39, 0.29) is 11.6 Å². The maximum absolute atomic E-state index is 12.5. The zero-order valence-electron chi connectivity index (χ0n) is 14.7. The molecule has 0 saturated carbocycles. The summed E-state index contributed by atoms with van der Waals surface area (Å²) in [6.07, 6.45) is 1.54. The van der Waals surface area contributed by atoms with Gasteiger partial charge in [0, 0.05) is 0 Å². The molecule has 0 aliphatic carbocycles. The molecule has 2 aromatic rings. The fourth-order valence-corrected chi connectivity index (χ4v) is 3.28. The Labute approximate surface area is 166 Å². The Hall–Kier alpha value is -2.53. The van der Waals surface area contributed by atoms with E-state index in [4.69, 9.17) is 9.47 Å². The molecule has 0 aliphatic heterocycles. The third-order valence-corrected chi connectivity index (χ3v) is 4.58. The van der Waals surface area contributed by atoms with E-state index in [2.05, 4.69) is 27.9 Å². The van der Waals surface area contributed by atoms with E-state index in [1.54, 1.807) is 20.3 Å². The summed E-state index contributed by atoms with van der Waals surface area (Å²) in [7, 11) is 3.11. The minimum absolute atomic E-state index is 0.0239. The number of nitrogens with one attached hydrogen (secondary N) is 1. The van der Waals surface area contributed by atoms with Gasteiger partial charge in [-0.3, -0.25) is 4.79 Å². The lowest BCUT2D eigenvalue weighted by atomic mass is 10.1. The van der Waals surface area contributed by atoms with Crippen LogP contribution in [0.5, 0.6) is 11.5 Å². The van der Waals surface area contributed by atoms with E-state index in [0.717, 1.165) is 9.13 Å². The number of halogens is 1. The van der Waals surface area contributed by atoms with Crippen LogP contribution in [0.1, 0.15) is 24.1 Å². The fraction of sp³-hybridized carbons (Fsp3) is 0.200. The lowest BCUT2D eigenvalue weighted by Crippen LogP contribution is -2.27. The molecule has 0 spiro atoms. The average molecular weight is 462 g/mol. The molecule has 1 N–H and O–H groups in total. The number of nitriles is 1. The van der Waals surface area contributed by atoms with E-state index in [9.17, 15) is 10.1 Å². The molecule has 26 heavy (non-hydrogen) atoms. The zero-order valence-corrected chi connectivity index (χ0v) is 16.9. The molecule has 0 aliphatic rings. The van der Waals surface area contributed by atoms with Crippen LogP contribution in [0.4, 0.5) is 0 Å². The maximum atomic E-state index is 12.5. The van der Waals surface area contributed by atoms with Crippen molar-refractivity contribution in [1.29, 1.82) is 5.26 Å². The number of hydrogen-bond donors (Lipinski definition) is 1. The Bertz CT molecular complexity index is 857. The lowest BCUT2D eigenvalue weighted by Gasteiger charge is -2.14. The zero-order chi connectivity index (χ0) is 19.1. The summed E-state index contributed by atoms with van der Waals surface area (Å²) in [5, 5.41) is 12.2. The molecule has 1 amide bonds. The summed E-state index contributed by atoms with van der Waals surface area (Å²) in [6.45, 7) is 1.88. The minimum atomic E-state index is -0.423. The van der Waals surface area contributed by atoms with Crippen molar-refractivity contribution in [2.75, 3.05) is 14.2 Å². The Morgan fingerprint density at radius 1 is 1.23 bits per heavy atom. The van der Waals surface area contributed by atoms with Gasteiger partial charge < -0.3 is 14.8 Å². The quantitative estimate of drug-likeness (QED) is 0.399. The number of carbonyl (C=O) groups is 1. The Balaban J connectivity index is 2.26. The second-order valence-corrected chi connectivity index (χ2v) is 6.68. The molecular weight excluding hydrogens is 443 g/mol. The van der Waals surface area contributed by atoms with Gasteiger partial charge in [0.2, 0.25) is 0 Å². The molecule has 5 nitrogen and oxygen atoms in total. The average Bonchev–Trinajstić information content (AvgIpc) is 2.66. The van der Waals surface area contributed by atoms with Gasteiger partial charge in [0.15, 0.2) is 11.5 Å². The molecule has 6 heteroatoms. The summed E-state index contributed by atoms with van der Waals surface area (Å²) in [5.41, 5.74) is 1.68. The molecule has 2 aromatic carbocycles. The molecule has 0 fully saturated rings. The highest BCUT2D eigenvalue weighted by Crippen LogP contribution is 2.34. The summed E-state index contributed by atoms with van der Waals surface area (Å²) in [4.78, 5) is 12.5. The van der Waals surface area contributed by atoms with Crippen molar-refractivity contribution in [1.82, 2.24) is 5.32 Å². The SMILES string of the molecule is COc1cc(/C=C(\C#N)C(=O)N[C@@H](C)c2ccccc2)cc(I)c1OC. The van der Waals surface area contributed by atoms with Gasteiger partial charge >= 0.3 is 0 Å². The Kier molecular flexibility index (Phi) is 7.04. The second kappa shape index (κ2) is 9.25. The number of hydrogen-bond acceptors (Lipinski definition) is 4. The monoisotopic (exact) mass is 462 g/mol. The van der Waals surface area contributed by atoms with Crippen LogP contribution >= 0.6 is 22.6 Å². The summed E-state index contributed by atoms with van der Waals surface area (Å²) < 4.78 is 11.4. The van der Waals surface area contributed by atoms with Crippen molar-refractivity contribution < 1.29 is 14.3 Å². The van der Waals surface area contributed by atoms with Gasteiger partial charge in [0.05, 0.1) is 23.8 Å². The van der Waals surface area contributed by atoms with Crippen molar-refractivity contribution in [2.24, 2.45) is 0 Å². The number of ether oxygens (including phenoxy) is 2. The van der Waals surface area contributed by atoms with Crippen LogP contribution < -0.4 is 14.8 Å². The number of methoxy groups -OCH3 is 2. The molecule has 0 saturated heterocycles. The smallest absolute Gasteiger partial charge is 0.262 e. The summed E-state index contributed by atoms with van der Waals surface area (Å²) >= 11 is 2.12. The molecule has 0 aromatic heterocycles. The first kappa shape index (κ1) is 19.8. The molecule has 2 rings (SSSR count). The molecular formula is C20H19IN2O3. The van der Waals surface area contributed by atoms with Crippen LogP contribution in [0, 0.1) is 14.9 Å². The van der Waals surface area contributed by atoms with E-state index < -0.39 is 5.91 Å². The van der Waals surface area contributed by atoms with Gasteiger partial charge in [-0.2, -0.15) is 5.26 Å². The minimum Gasteiger partial charge on any atom is -0.493 e. The Morgan fingerprint density at radius 3 is 2.50 bits per heavy atom. The third-order valence-electron chi connectivity index (χ3n) is 3.78. The Morgan fingerprint density at radius 2 is 1.92 bits per heavy atom. The number of carbonyl (C=O) groups excluding carboxylic acids is 1. The van der Waals surface area contributed by atoms with Crippen molar-refractivity contribution in [3.63, 3.8) is 0 Å². The second-order valence-electron chi connectivity index (χ2n) is 5.51. The van der Waals surface area contributed by atoms with Crippen molar-refractivity contribution >= 4 is 34.6 Å². The van der Waals surface area contributed by atoms with Gasteiger partial charge in [-0.1, -0.05) is 30.3 Å². The molecule has 1 atom stereocenters. The molecule has 134 valence electrons. The van der Waals surface area contributed by atoms with Gasteiger partial charge in [-0.05, 0) is 58.9 Å². The van der Waals surface area contributed by atoms with Crippen LogP contribution in [0.3, 0.4) is 0 Å². The van der Waals surface area contributed by atoms with Crippen LogP contribution in [0.25, 0.3) is 6.08 Å². The standard InChI is InChI=1S/C20H19IN2O3/c1-13(15-7-5-4-6-8-15)23-20(24)16(12-22)9-14-10-17(21)19(26-3)18(11-14)25-2/h4-11,13H,1-3H3,(H,23,24)/b16-9+/t13-/m0/s1. The summed E-state index contributed by atoms with van der Waals surface area (Å²) in [5.74, 6) is 0.737. The maximum Gasteiger partial charge on any atom is 0.262 e. The van der Waals surface area contributed by atoms with Crippen LogP contribution in [0.15, 0.2) is 48.0 Å².